The van der Waals surface area contributed by atoms with E-state index in [1.54, 1.807) is 13.3 Å². The molecule has 3 heterocycles. The van der Waals surface area contributed by atoms with E-state index in [0.29, 0.717) is 11.7 Å². The van der Waals surface area contributed by atoms with Gasteiger partial charge in [-0.3, -0.25) is 4.79 Å². The predicted molar refractivity (Wildman–Crippen MR) is 119 cm³/mol. The fraction of sp³-hybridized carbons (Fsp3) is 0.348. The van der Waals surface area contributed by atoms with Crippen molar-refractivity contribution in [3.8, 4) is 17.1 Å². The molecule has 1 saturated heterocycles. The standard InChI is InChI=1S/C23H27N5O2/c1-3-18-11-22(29)27-23(26-18)17-7-8-21(25-14-17)24-13-16-9-10-28(15-16)19-5-4-6-20(12-19)30-2/h4-8,11-12,14,16H,3,9-10,13,15H2,1-2H3,(H,24,25)(H,26,27,29). The van der Waals surface area contributed by atoms with Crippen LogP contribution in [0.25, 0.3) is 11.4 Å². The molecule has 156 valence electrons. The number of aromatic nitrogens is 3. The maximum Gasteiger partial charge on any atom is 0.251 e. The van der Waals surface area contributed by atoms with Crippen molar-refractivity contribution in [2.45, 2.75) is 19.8 Å². The highest BCUT2D eigenvalue weighted by Gasteiger charge is 2.22. The van der Waals surface area contributed by atoms with Crippen LogP contribution >= 0.6 is 0 Å². The quantitative estimate of drug-likeness (QED) is 0.627. The summed E-state index contributed by atoms with van der Waals surface area (Å²) in [6.07, 6.45) is 3.60. The smallest absolute Gasteiger partial charge is 0.251 e. The van der Waals surface area contributed by atoms with Gasteiger partial charge in [-0.15, -0.1) is 0 Å². The molecule has 1 fully saturated rings. The first kappa shape index (κ1) is 19.9. The van der Waals surface area contributed by atoms with Crippen molar-refractivity contribution in [2.75, 3.05) is 37.0 Å². The fourth-order valence-electron chi connectivity index (χ4n) is 3.75. The van der Waals surface area contributed by atoms with Crippen molar-refractivity contribution in [3.63, 3.8) is 0 Å². The molecule has 0 spiro atoms. The molecule has 1 unspecified atom stereocenters. The Bertz CT molecular complexity index is 1050. The Morgan fingerprint density at radius 3 is 2.93 bits per heavy atom. The maximum atomic E-state index is 11.8. The first-order chi connectivity index (χ1) is 14.6. The van der Waals surface area contributed by atoms with E-state index in [-0.39, 0.29) is 5.56 Å². The van der Waals surface area contributed by atoms with E-state index >= 15 is 0 Å². The normalized spacial score (nSPS) is 15.9. The van der Waals surface area contributed by atoms with Crippen molar-refractivity contribution in [1.29, 1.82) is 0 Å². The van der Waals surface area contributed by atoms with Gasteiger partial charge in [0.25, 0.3) is 5.56 Å². The molecule has 0 saturated carbocycles. The average molecular weight is 406 g/mol. The van der Waals surface area contributed by atoms with Gasteiger partial charge in [0.05, 0.1) is 7.11 Å². The van der Waals surface area contributed by atoms with Crippen molar-refractivity contribution < 1.29 is 4.74 Å². The van der Waals surface area contributed by atoms with E-state index in [4.69, 9.17) is 4.74 Å². The van der Waals surface area contributed by atoms with Crippen LogP contribution in [-0.4, -0.2) is 41.7 Å². The van der Waals surface area contributed by atoms with E-state index in [9.17, 15) is 4.79 Å². The first-order valence-electron chi connectivity index (χ1n) is 10.3. The first-order valence-corrected chi connectivity index (χ1v) is 10.3. The number of hydrogen-bond acceptors (Lipinski definition) is 6. The molecule has 7 nitrogen and oxygen atoms in total. The van der Waals surface area contributed by atoms with Gasteiger partial charge < -0.3 is 19.9 Å². The van der Waals surface area contributed by atoms with Gasteiger partial charge in [0.2, 0.25) is 0 Å². The van der Waals surface area contributed by atoms with Crippen LogP contribution in [-0.2, 0) is 6.42 Å². The summed E-state index contributed by atoms with van der Waals surface area (Å²) in [4.78, 5) is 25.9. The van der Waals surface area contributed by atoms with Crippen LogP contribution in [0.5, 0.6) is 5.75 Å². The van der Waals surface area contributed by atoms with Gasteiger partial charge in [-0.2, -0.15) is 0 Å². The van der Waals surface area contributed by atoms with Gasteiger partial charge in [0.15, 0.2) is 0 Å². The number of ether oxygens (including phenoxy) is 1. The van der Waals surface area contributed by atoms with Gasteiger partial charge in [-0.05, 0) is 43.0 Å². The largest absolute Gasteiger partial charge is 0.497 e. The van der Waals surface area contributed by atoms with Crippen molar-refractivity contribution in [2.24, 2.45) is 5.92 Å². The third kappa shape index (κ3) is 4.62. The molecule has 1 aliphatic rings. The van der Waals surface area contributed by atoms with Crippen molar-refractivity contribution in [3.05, 3.63) is 64.7 Å². The fourth-order valence-corrected chi connectivity index (χ4v) is 3.75. The van der Waals surface area contributed by atoms with Crippen molar-refractivity contribution in [1.82, 2.24) is 15.0 Å². The van der Waals surface area contributed by atoms with E-state index in [1.165, 1.54) is 11.8 Å². The monoisotopic (exact) mass is 405 g/mol. The number of aryl methyl sites for hydroxylation is 1. The topological polar surface area (TPSA) is 83.1 Å². The van der Waals surface area contributed by atoms with Gasteiger partial charge in [0.1, 0.15) is 17.4 Å². The summed E-state index contributed by atoms with van der Waals surface area (Å²) >= 11 is 0. The third-order valence-corrected chi connectivity index (χ3v) is 5.47. The summed E-state index contributed by atoms with van der Waals surface area (Å²) in [6, 6.07) is 13.6. The van der Waals surface area contributed by atoms with Crippen LogP contribution in [0, 0.1) is 5.92 Å². The Balaban J connectivity index is 1.35. The number of nitrogens with one attached hydrogen (secondary N) is 2. The molecule has 4 rings (SSSR count). The molecule has 0 bridgehead atoms. The lowest BCUT2D eigenvalue weighted by Gasteiger charge is -2.19. The lowest BCUT2D eigenvalue weighted by atomic mass is 10.1. The van der Waals surface area contributed by atoms with E-state index in [0.717, 1.165) is 55.3 Å². The minimum Gasteiger partial charge on any atom is -0.497 e. The molecule has 2 N–H and O–H groups in total. The zero-order valence-electron chi connectivity index (χ0n) is 17.4. The molecule has 0 amide bonds. The van der Waals surface area contributed by atoms with Gasteiger partial charge in [-0.25, -0.2) is 9.97 Å². The number of hydrogen-bond donors (Lipinski definition) is 2. The predicted octanol–water partition coefficient (Wildman–Crippen LogP) is 3.34. The molecular weight excluding hydrogens is 378 g/mol. The number of H-pyrrole nitrogens is 1. The number of methoxy groups -OCH3 is 1. The lowest BCUT2D eigenvalue weighted by Crippen LogP contribution is -2.22. The molecule has 1 aliphatic heterocycles. The summed E-state index contributed by atoms with van der Waals surface area (Å²) in [5, 5.41) is 3.44. The lowest BCUT2D eigenvalue weighted by molar-refractivity contribution is 0.415. The zero-order chi connectivity index (χ0) is 20.9. The summed E-state index contributed by atoms with van der Waals surface area (Å²) < 4.78 is 5.34. The average Bonchev–Trinajstić information content (AvgIpc) is 3.27. The Kier molecular flexibility index (Phi) is 5.97. The third-order valence-electron chi connectivity index (χ3n) is 5.47. The zero-order valence-corrected chi connectivity index (χ0v) is 17.4. The summed E-state index contributed by atoms with van der Waals surface area (Å²) in [6.45, 7) is 4.90. The van der Waals surface area contributed by atoms with Gasteiger partial charge in [-0.1, -0.05) is 13.0 Å². The number of pyridine rings is 1. The van der Waals surface area contributed by atoms with Crippen LogP contribution in [0.2, 0.25) is 0 Å². The number of rotatable bonds is 7. The van der Waals surface area contributed by atoms with Gasteiger partial charge >= 0.3 is 0 Å². The molecule has 7 heteroatoms. The number of aromatic amines is 1. The molecule has 2 aromatic heterocycles. The highest BCUT2D eigenvalue weighted by atomic mass is 16.5. The Hall–Kier alpha value is -3.35. The maximum absolute atomic E-state index is 11.8. The molecule has 1 aromatic carbocycles. The number of anilines is 2. The second-order valence-corrected chi connectivity index (χ2v) is 7.55. The molecule has 0 aliphatic carbocycles. The second kappa shape index (κ2) is 8.98. The molecular formula is C23H27N5O2. The number of benzene rings is 1. The highest BCUT2D eigenvalue weighted by Crippen LogP contribution is 2.27. The molecule has 30 heavy (non-hydrogen) atoms. The SMILES string of the molecule is CCc1cc(=O)[nH]c(-c2ccc(NCC3CCN(c4cccc(OC)c4)C3)nc2)n1. The van der Waals surface area contributed by atoms with Crippen molar-refractivity contribution >= 4 is 11.5 Å². The van der Waals surface area contributed by atoms with Gasteiger partial charge in [0, 0.05) is 54.9 Å². The number of nitrogens with zero attached hydrogens (tertiary/aromatic N) is 3. The van der Waals surface area contributed by atoms with E-state index in [2.05, 4.69) is 37.3 Å². The molecule has 0 radical (unpaired) electrons. The van der Waals surface area contributed by atoms with Crippen LogP contribution in [0.4, 0.5) is 11.5 Å². The van der Waals surface area contributed by atoms with E-state index < -0.39 is 0 Å². The molecule has 3 aromatic rings. The summed E-state index contributed by atoms with van der Waals surface area (Å²) in [5.74, 6) is 2.83. The van der Waals surface area contributed by atoms with Crippen LogP contribution < -0.4 is 20.5 Å². The Morgan fingerprint density at radius 1 is 1.27 bits per heavy atom. The second-order valence-electron chi connectivity index (χ2n) is 7.55. The Morgan fingerprint density at radius 2 is 2.17 bits per heavy atom. The highest BCUT2D eigenvalue weighted by molar-refractivity contribution is 5.56. The van der Waals surface area contributed by atoms with Crippen LogP contribution in [0.15, 0.2) is 53.5 Å². The molecule has 1 atom stereocenters. The minimum absolute atomic E-state index is 0.138. The van der Waals surface area contributed by atoms with Crippen LogP contribution in [0.1, 0.15) is 19.0 Å². The summed E-state index contributed by atoms with van der Waals surface area (Å²) in [7, 11) is 1.70. The van der Waals surface area contributed by atoms with E-state index in [1.807, 2.05) is 31.2 Å². The summed E-state index contributed by atoms with van der Waals surface area (Å²) in [5.41, 5.74) is 2.65. The van der Waals surface area contributed by atoms with Crippen LogP contribution in [0.3, 0.4) is 0 Å². The Labute approximate surface area is 176 Å². The minimum atomic E-state index is -0.138.